The molecule has 0 aliphatic carbocycles. The van der Waals surface area contributed by atoms with Crippen molar-refractivity contribution < 1.29 is 29.0 Å². The number of aryl methyl sites for hydroxylation is 2. The van der Waals surface area contributed by atoms with Crippen LogP contribution in [-0.4, -0.2) is 41.5 Å². The number of aliphatic hydroxyl groups is 1. The van der Waals surface area contributed by atoms with Crippen molar-refractivity contribution in [2.75, 3.05) is 18.6 Å². The fourth-order valence-corrected chi connectivity index (χ4v) is 5.54. The molecule has 0 radical (unpaired) electrons. The van der Waals surface area contributed by atoms with Crippen molar-refractivity contribution >= 4 is 39.9 Å². The number of ether oxygens (including phenoxy) is 2. The van der Waals surface area contributed by atoms with Crippen LogP contribution in [-0.2, 0) is 19.7 Å². The molecule has 9 heteroatoms. The summed E-state index contributed by atoms with van der Waals surface area (Å²) < 4.78 is 10.4. The van der Waals surface area contributed by atoms with Crippen molar-refractivity contribution in [1.29, 1.82) is 0 Å². The zero-order valence-electron chi connectivity index (χ0n) is 23.1. The van der Waals surface area contributed by atoms with Crippen LogP contribution < -0.4 is 9.64 Å². The van der Waals surface area contributed by atoms with Crippen LogP contribution in [0.25, 0.3) is 5.76 Å². The molecule has 2 aromatic carbocycles. The highest BCUT2D eigenvalue weighted by Crippen LogP contribution is 2.44. The molecule has 0 saturated carbocycles. The van der Waals surface area contributed by atoms with Gasteiger partial charge in [-0.05, 0) is 61.1 Å². The lowest BCUT2D eigenvalue weighted by molar-refractivity contribution is -0.132. The smallest absolute Gasteiger partial charge is 0.350 e. The van der Waals surface area contributed by atoms with Crippen LogP contribution >= 0.6 is 11.3 Å². The largest absolute Gasteiger partial charge is 0.507 e. The number of aromatic nitrogens is 1. The Morgan fingerprint density at radius 2 is 1.77 bits per heavy atom. The second kappa shape index (κ2) is 10.6. The number of Topliss-reactive ketones (excluding diaryl/α,β-unsaturated/α-hetero) is 1. The van der Waals surface area contributed by atoms with Gasteiger partial charge in [-0.1, -0.05) is 56.4 Å². The molecule has 1 atom stereocenters. The Labute approximate surface area is 231 Å². The first-order chi connectivity index (χ1) is 18.4. The van der Waals surface area contributed by atoms with Crippen molar-refractivity contribution in [3.8, 4) is 5.75 Å². The number of methoxy groups -OCH3 is 1. The van der Waals surface area contributed by atoms with Crippen LogP contribution in [0.1, 0.15) is 71.4 Å². The zero-order chi connectivity index (χ0) is 28.6. The van der Waals surface area contributed by atoms with Crippen molar-refractivity contribution in [2.45, 2.75) is 53.0 Å². The lowest BCUT2D eigenvalue weighted by atomic mass is 9.85. The summed E-state index contributed by atoms with van der Waals surface area (Å²) in [6.07, 6.45) is 0. The van der Waals surface area contributed by atoms with E-state index in [1.165, 1.54) is 4.90 Å². The minimum absolute atomic E-state index is 0.0534. The first-order valence-corrected chi connectivity index (χ1v) is 13.4. The van der Waals surface area contributed by atoms with E-state index in [-0.39, 0.29) is 33.4 Å². The molecule has 0 unspecified atom stereocenters. The summed E-state index contributed by atoms with van der Waals surface area (Å²) in [5.41, 5.74) is 3.01. The van der Waals surface area contributed by atoms with Crippen LogP contribution in [0.4, 0.5) is 5.13 Å². The summed E-state index contributed by atoms with van der Waals surface area (Å²) >= 11 is 0.981. The molecule has 2 heterocycles. The fraction of sp³-hybridized carbons (Fsp3) is 0.333. The molecule has 3 aromatic rings. The van der Waals surface area contributed by atoms with Crippen LogP contribution in [0.5, 0.6) is 5.75 Å². The number of hydrogen-bond acceptors (Lipinski definition) is 8. The van der Waals surface area contributed by atoms with E-state index in [9.17, 15) is 19.5 Å². The topological polar surface area (TPSA) is 106 Å². The minimum Gasteiger partial charge on any atom is -0.507 e. The molecule has 1 aliphatic heterocycles. The molecule has 4 rings (SSSR count). The maximum atomic E-state index is 13.5. The van der Waals surface area contributed by atoms with Crippen LogP contribution in [0.15, 0.2) is 48.0 Å². The van der Waals surface area contributed by atoms with Crippen molar-refractivity contribution in [3.05, 3.63) is 80.9 Å². The van der Waals surface area contributed by atoms with E-state index in [1.807, 2.05) is 24.3 Å². The number of nitrogens with zero attached hydrogens (tertiary/aromatic N) is 2. The normalized spacial score (nSPS) is 17.0. The number of thiazole rings is 1. The van der Waals surface area contributed by atoms with Gasteiger partial charge in [-0.3, -0.25) is 14.5 Å². The van der Waals surface area contributed by atoms with Gasteiger partial charge in [-0.2, -0.15) is 0 Å². The maximum absolute atomic E-state index is 13.5. The first-order valence-electron chi connectivity index (χ1n) is 12.6. The summed E-state index contributed by atoms with van der Waals surface area (Å²) in [5, 5.41) is 11.7. The predicted octanol–water partition coefficient (Wildman–Crippen LogP) is 5.87. The van der Waals surface area contributed by atoms with E-state index in [1.54, 1.807) is 46.1 Å². The molecule has 1 N–H and O–H groups in total. The highest BCUT2D eigenvalue weighted by Gasteiger charge is 2.48. The fourth-order valence-electron chi connectivity index (χ4n) is 4.56. The van der Waals surface area contributed by atoms with E-state index >= 15 is 0 Å². The average Bonchev–Trinajstić information content (AvgIpc) is 3.40. The number of anilines is 1. The van der Waals surface area contributed by atoms with E-state index in [0.29, 0.717) is 28.1 Å². The Bertz CT molecular complexity index is 1480. The molecule has 39 heavy (non-hydrogen) atoms. The first kappa shape index (κ1) is 28.0. The summed E-state index contributed by atoms with van der Waals surface area (Å²) in [6, 6.07) is 11.7. The van der Waals surface area contributed by atoms with Gasteiger partial charge in [0.2, 0.25) is 0 Å². The summed E-state index contributed by atoms with van der Waals surface area (Å²) in [7, 11) is 1.54. The molecule has 8 nitrogen and oxygen atoms in total. The van der Waals surface area contributed by atoms with E-state index in [4.69, 9.17) is 9.47 Å². The standard InChI is InChI=1S/C30H32N2O6S/c1-8-38-28(36)26-17(3)31-29(39-26)32-23(18-9-11-19(12-10-18)30(4,5)6)22(25(34)27(32)35)24(33)21-14-13-20(37-7)15-16(21)2/h9-15,23,33H,8H2,1-7H3/b24-22+/t23-/m0/s1. The van der Waals surface area contributed by atoms with Crippen molar-refractivity contribution in [3.63, 3.8) is 0 Å². The number of benzene rings is 2. The van der Waals surface area contributed by atoms with E-state index in [0.717, 1.165) is 16.9 Å². The third kappa shape index (κ3) is 5.18. The molecule has 0 bridgehead atoms. The van der Waals surface area contributed by atoms with Crippen molar-refractivity contribution in [2.24, 2.45) is 0 Å². The van der Waals surface area contributed by atoms with Gasteiger partial charge in [0, 0.05) is 5.56 Å². The summed E-state index contributed by atoms with van der Waals surface area (Å²) in [6.45, 7) is 11.6. The van der Waals surface area contributed by atoms with E-state index < -0.39 is 23.7 Å². The Morgan fingerprint density at radius 1 is 1.10 bits per heavy atom. The quantitative estimate of drug-likeness (QED) is 0.178. The maximum Gasteiger partial charge on any atom is 0.350 e. The number of ketones is 1. The lowest BCUT2D eigenvalue weighted by Crippen LogP contribution is -2.29. The average molecular weight is 549 g/mol. The minimum atomic E-state index is -0.957. The number of amides is 1. The highest BCUT2D eigenvalue weighted by atomic mass is 32.1. The Kier molecular flexibility index (Phi) is 7.66. The second-order valence-corrected chi connectivity index (χ2v) is 11.3. The Hall–Kier alpha value is -3.98. The van der Waals surface area contributed by atoms with Gasteiger partial charge in [0.1, 0.15) is 16.4 Å². The second-order valence-electron chi connectivity index (χ2n) is 10.4. The van der Waals surface area contributed by atoms with E-state index in [2.05, 4.69) is 25.8 Å². The number of hydrogen-bond donors (Lipinski definition) is 1. The number of carbonyl (C=O) groups is 3. The Balaban J connectivity index is 1.93. The summed E-state index contributed by atoms with van der Waals surface area (Å²) in [5.74, 6) is -1.91. The molecule has 204 valence electrons. The number of rotatable bonds is 6. The van der Waals surface area contributed by atoms with Crippen molar-refractivity contribution in [1.82, 2.24) is 4.98 Å². The number of esters is 1. The molecular formula is C30H32N2O6S. The number of carbonyl (C=O) groups excluding carboxylic acids is 3. The molecule has 1 saturated heterocycles. The van der Waals surface area contributed by atoms with Gasteiger partial charge in [-0.15, -0.1) is 0 Å². The zero-order valence-corrected chi connectivity index (χ0v) is 23.9. The monoisotopic (exact) mass is 548 g/mol. The third-order valence-corrected chi connectivity index (χ3v) is 7.81. The third-order valence-electron chi connectivity index (χ3n) is 6.68. The van der Waals surface area contributed by atoms with Crippen LogP contribution in [0.2, 0.25) is 0 Å². The molecule has 1 aliphatic rings. The van der Waals surface area contributed by atoms with Crippen LogP contribution in [0.3, 0.4) is 0 Å². The molecular weight excluding hydrogens is 516 g/mol. The van der Waals surface area contributed by atoms with Gasteiger partial charge in [0.15, 0.2) is 5.13 Å². The SMILES string of the molecule is CCOC(=O)c1sc(N2C(=O)C(=O)/C(=C(/O)c3ccc(OC)cc3C)[C@@H]2c2ccc(C(C)(C)C)cc2)nc1C. The van der Waals surface area contributed by atoms with Gasteiger partial charge in [-0.25, -0.2) is 9.78 Å². The summed E-state index contributed by atoms with van der Waals surface area (Å²) in [4.78, 5) is 45.5. The highest BCUT2D eigenvalue weighted by molar-refractivity contribution is 7.17. The predicted molar refractivity (Wildman–Crippen MR) is 150 cm³/mol. The van der Waals surface area contributed by atoms with Gasteiger partial charge in [0.05, 0.1) is 31.0 Å². The Morgan fingerprint density at radius 3 is 2.33 bits per heavy atom. The molecule has 1 aromatic heterocycles. The van der Waals surface area contributed by atoms with Gasteiger partial charge >= 0.3 is 11.9 Å². The lowest BCUT2D eigenvalue weighted by Gasteiger charge is -2.25. The number of aliphatic hydroxyl groups excluding tert-OH is 1. The van der Waals surface area contributed by atoms with Crippen LogP contribution in [0, 0.1) is 13.8 Å². The molecule has 1 fully saturated rings. The van der Waals surface area contributed by atoms with Gasteiger partial charge < -0.3 is 14.6 Å². The molecule has 1 amide bonds. The van der Waals surface area contributed by atoms with Gasteiger partial charge in [0.25, 0.3) is 5.78 Å². The molecule has 0 spiro atoms.